The van der Waals surface area contributed by atoms with Crippen LogP contribution in [0, 0.1) is 0 Å². The van der Waals surface area contributed by atoms with Gasteiger partial charge in [0.05, 0.1) is 18.2 Å². The molecule has 30 heavy (non-hydrogen) atoms. The summed E-state index contributed by atoms with van der Waals surface area (Å²) < 4.78 is 0. The van der Waals surface area contributed by atoms with Gasteiger partial charge in [-0.25, -0.2) is 4.90 Å². The molecule has 0 aromatic heterocycles. The van der Waals surface area contributed by atoms with Crippen molar-refractivity contribution in [2.24, 2.45) is 0 Å². The smallest absolute Gasteiger partial charge is 0.251 e. The minimum Gasteiger partial charge on any atom is -0.297 e. The predicted octanol–water partition coefficient (Wildman–Crippen LogP) is 3.29. The number of fused-ring (bicyclic) bond motifs is 1. The van der Waals surface area contributed by atoms with Crippen molar-refractivity contribution in [3.8, 4) is 0 Å². The van der Waals surface area contributed by atoms with Gasteiger partial charge in [-0.3, -0.25) is 19.4 Å². The minimum atomic E-state index is -0.352. The molecule has 0 spiro atoms. The zero-order valence-corrected chi connectivity index (χ0v) is 16.9. The van der Waals surface area contributed by atoms with Crippen LogP contribution in [0.5, 0.6) is 0 Å². The van der Waals surface area contributed by atoms with Crippen molar-refractivity contribution < 1.29 is 9.59 Å². The van der Waals surface area contributed by atoms with Crippen LogP contribution in [-0.4, -0.2) is 53.8 Å². The molecule has 152 valence electrons. The standard InChI is InChI=1S/C25H25N3O2/c29-24-17-23(27-15-13-26(14-16-27)18-19-7-2-1-3-8-19)25(30)28(24)22-12-6-10-20-9-4-5-11-21(20)22/h1-12,23H,13-18H2/t23-/m0/s1. The molecule has 3 aromatic carbocycles. The molecule has 0 bridgehead atoms. The van der Waals surface area contributed by atoms with Crippen molar-refractivity contribution in [2.45, 2.75) is 19.0 Å². The molecule has 2 saturated heterocycles. The summed E-state index contributed by atoms with van der Waals surface area (Å²) in [4.78, 5) is 32.1. The first kappa shape index (κ1) is 19.0. The van der Waals surface area contributed by atoms with E-state index in [4.69, 9.17) is 0 Å². The van der Waals surface area contributed by atoms with Crippen LogP contribution >= 0.6 is 0 Å². The average molecular weight is 399 g/mol. The second kappa shape index (κ2) is 8.01. The Morgan fingerprint density at radius 3 is 2.27 bits per heavy atom. The molecule has 1 atom stereocenters. The van der Waals surface area contributed by atoms with Crippen LogP contribution in [0.1, 0.15) is 12.0 Å². The van der Waals surface area contributed by atoms with E-state index in [9.17, 15) is 9.59 Å². The average Bonchev–Trinajstić information content (AvgIpc) is 3.08. The van der Waals surface area contributed by atoms with Gasteiger partial charge in [-0.2, -0.15) is 0 Å². The Hall–Kier alpha value is -3.02. The maximum Gasteiger partial charge on any atom is 0.251 e. The van der Waals surface area contributed by atoms with Crippen LogP contribution in [0.3, 0.4) is 0 Å². The van der Waals surface area contributed by atoms with Crippen molar-refractivity contribution in [2.75, 3.05) is 31.1 Å². The molecule has 5 heteroatoms. The third-order valence-electron chi connectivity index (χ3n) is 6.23. The lowest BCUT2D eigenvalue weighted by molar-refractivity contribution is -0.123. The fourth-order valence-electron chi connectivity index (χ4n) is 4.63. The number of carbonyl (C=O) groups excluding carboxylic acids is 2. The van der Waals surface area contributed by atoms with Gasteiger partial charge in [0.2, 0.25) is 5.91 Å². The Bertz CT molecular complexity index is 1070. The lowest BCUT2D eigenvalue weighted by atomic mass is 10.1. The SMILES string of the molecule is O=C1C[C@H](N2CCN(Cc3ccccc3)CC2)C(=O)N1c1cccc2ccccc12. The first-order chi connectivity index (χ1) is 14.7. The summed E-state index contributed by atoms with van der Waals surface area (Å²) in [5.74, 6) is -0.194. The van der Waals surface area contributed by atoms with E-state index in [0.717, 1.165) is 43.5 Å². The number of hydrogen-bond donors (Lipinski definition) is 0. The Morgan fingerprint density at radius 2 is 1.47 bits per heavy atom. The highest BCUT2D eigenvalue weighted by molar-refractivity contribution is 6.25. The molecule has 0 N–H and O–H groups in total. The molecular formula is C25H25N3O2. The number of hydrogen-bond acceptors (Lipinski definition) is 4. The molecule has 0 unspecified atom stereocenters. The van der Waals surface area contributed by atoms with Gasteiger partial charge in [-0.1, -0.05) is 66.7 Å². The van der Waals surface area contributed by atoms with Gasteiger partial charge in [0.1, 0.15) is 0 Å². The van der Waals surface area contributed by atoms with Crippen molar-refractivity contribution in [3.05, 3.63) is 78.4 Å². The topological polar surface area (TPSA) is 43.9 Å². The van der Waals surface area contributed by atoms with Gasteiger partial charge >= 0.3 is 0 Å². The molecule has 0 saturated carbocycles. The highest BCUT2D eigenvalue weighted by atomic mass is 16.2. The van der Waals surface area contributed by atoms with E-state index in [-0.39, 0.29) is 24.3 Å². The normalized spacial score (nSPS) is 20.9. The van der Waals surface area contributed by atoms with Crippen molar-refractivity contribution in [3.63, 3.8) is 0 Å². The Morgan fingerprint density at radius 1 is 0.767 bits per heavy atom. The first-order valence-electron chi connectivity index (χ1n) is 10.6. The van der Waals surface area contributed by atoms with Crippen LogP contribution in [-0.2, 0) is 16.1 Å². The van der Waals surface area contributed by atoms with E-state index < -0.39 is 0 Å². The monoisotopic (exact) mass is 399 g/mol. The second-order valence-corrected chi connectivity index (χ2v) is 8.08. The highest BCUT2D eigenvalue weighted by Crippen LogP contribution is 2.32. The summed E-state index contributed by atoms with van der Waals surface area (Å²) in [7, 11) is 0. The third kappa shape index (κ3) is 3.51. The van der Waals surface area contributed by atoms with E-state index in [2.05, 4.69) is 34.1 Å². The lowest BCUT2D eigenvalue weighted by Crippen LogP contribution is -2.52. The second-order valence-electron chi connectivity index (χ2n) is 8.08. The van der Waals surface area contributed by atoms with E-state index >= 15 is 0 Å². The molecule has 0 radical (unpaired) electrons. The maximum atomic E-state index is 13.3. The summed E-state index contributed by atoms with van der Waals surface area (Å²) in [5.41, 5.74) is 2.01. The zero-order valence-electron chi connectivity index (χ0n) is 16.9. The molecule has 2 heterocycles. The van der Waals surface area contributed by atoms with E-state index in [0.29, 0.717) is 5.69 Å². The Kier molecular flexibility index (Phi) is 5.07. The van der Waals surface area contributed by atoms with Crippen LogP contribution in [0.2, 0.25) is 0 Å². The molecule has 0 aliphatic carbocycles. The zero-order chi connectivity index (χ0) is 20.5. The van der Waals surface area contributed by atoms with Crippen LogP contribution in [0.15, 0.2) is 72.8 Å². The fraction of sp³-hybridized carbons (Fsp3) is 0.280. The number of benzene rings is 3. The summed E-state index contributed by atoms with van der Waals surface area (Å²) >= 11 is 0. The fourth-order valence-corrected chi connectivity index (χ4v) is 4.63. The van der Waals surface area contributed by atoms with Gasteiger partial charge in [0.15, 0.2) is 0 Å². The van der Waals surface area contributed by atoms with E-state index in [1.54, 1.807) is 0 Å². The third-order valence-corrected chi connectivity index (χ3v) is 6.23. The Balaban J connectivity index is 1.29. The number of anilines is 1. The molecule has 5 nitrogen and oxygen atoms in total. The first-order valence-corrected chi connectivity index (χ1v) is 10.6. The van der Waals surface area contributed by atoms with E-state index in [1.807, 2.05) is 48.5 Å². The van der Waals surface area contributed by atoms with Gasteiger partial charge in [0.25, 0.3) is 5.91 Å². The number of nitrogens with zero attached hydrogens (tertiary/aromatic N) is 3. The van der Waals surface area contributed by atoms with Crippen LogP contribution in [0.25, 0.3) is 10.8 Å². The molecule has 5 rings (SSSR count). The summed E-state index contributed by atoms with van der Waals surface area (Å²) in [6, 6.07) is 23.8. The molecule has 2 fully saturated rings. The van der Waals surface area contributed by atoms with Crippen molar-refractivity contribution in [1.82, 2.24) is 9.80 Å². The quantitative estimate of drug-likeness (QED) is 0.632. The highest BCUT2D eigenvalue weighted by Gasteiger charge is 2.43. The Labute approximate surface area is 176 Å². The minimum absolute atomic E-state index is 0.0899. The van der Waals surface area contributed by atoms with Gasteiger partial charge < -0.3 is 0 Å². The van der Waals surface area contributed by atoms with Crippen LogP contribution in [0.4, 0.5) is 5.69 Å². The number of carbonyl (C=O) groups is 2. The van der Waals surface area contributed by atoms with Gasteiger partial charge in [-0.05, 0) is 17.0 Å². The largest absolute Gasteiger partial charge is 0.297 e. The molecule has 2 aliphatic heterocycles. The van der Waals surface area contributed by atoms with Crippen LogP contribution < -0.4 is 4.90 Å². The molecule has 2 amide bonds. The van der Waals surface area contributed by atoms with E-state index in [1.165, 1.54) is 10.5 Å². The van der Waals surface area contributed by atoms with Gasteiger partial charge in [0, 0.05) is 38.1 Å². The number of amides is 2. The van der Waals surface area contributed by atoms with Gasteiger partial charge in [-0.15, -0.1) is 0 Å². The summed E-state index contributed by atoms with van der Waals surface area (Å²) in [6.45, 7) is 4.34. The predicted molar refractivity (Wildman–Crippen MR) is 118 cm³/mol. The number of piperazine rings is 1. The van der Waals surface area contributed by atoms with Crippen molar-refractivity contribution >= 4 is 28.3 Å². The number of imide groups is 1. The molecule has 2 aliphatic rings. The molecular weight excluding hydrogens is 374 g/mol. The lowest BCUT2D eigenvalue weighted by Gasteiger charge is -2.37. The number of rotatable bonds is 4. The maximum absolute atomic E-state index is 13.3. The van der Waals surface area contributed by atoms with Crippen molar-refractivity contribution in [1.29, 1.82) is 0 Å². The summed E-state index contributed by atoms with van der Waals surface area (Å²) in [5, 5.41) is 1.98. The summed E-state index contributed by atoms with van der Waals surface area (Å²) in [6.07, 6.45) is 0.265. The molecule has 3 aromatic rings.